The molecule has 0 aromatic carbocycles. The minimum Gasteiger partial charge on any atom is -0.444 e. The van der Waals surface area contributed by atoms with E-state index in [0.717, 1.165) is 19.4 Å². The van der Waals surface area contributed by atoms with Crippen LogP contribution < -0.4 is 0 Å². The Balaban J connectivity index is 1.98. The van der Waals surface area contributed by atoms with Crippen LogP contribution in [0.2, 0.25) is 0 Å². The third-order valence-corrected chi connectivity index (χ3v) is 3.89. The number of hydrogen-bond acceptors (Lipinski definition) is 3. The first-order chi connectivity index (χ1) is 7.70. The first-order valence-corrected chi connectivity index (χ1v) is 6.36. The molecule has 0 aromatic heterocycles. The van der Waals surface area contributed by atoms with Crippen molar-refractivity contribution in [1.82, 2.24) is 4.90 Å². The van der Waals surface area contributed by atoms with Crippen LogP contribution in [0.5, 0.6) is 0 Å². The summed E-state index contributed by atoms with van der Waals surface area (Å²) in [6.45, 7) is 9.25. The summed E-state index contributed by atoms with van der Waals surface area (Å²) in [5, 5.41) is 9.68. The first kappa shape index (κ1) is 12.7. The summed E-state index contributed by atoms with van der Waals surface area (Å²) in [5.74, 6) is 0.421. The number of carbonyl (C=O) groups is 1. The fourth-order valence-electron chi connectivity index (χ4n) is 3.12. The van der Waals surface area contributed by atoms with E-state index in [1.54, 1.807) is 4.90 Å². The minimum absolute atomic E-state index is 0.0797. The fraction of sp³-hybridized carbons (Fsp3) is 0.923. The quantitative estimate of drug-likeness (QED) is 0.706. The van der Waals surface area contributed by atoms with Crippen LogP contribution in [0.15, 0.2) is 0 Å². The van der Waals surface area contributed by atoms with Crippen molar-refractivity contribution in [3.05, 3.63) is 0 Å². The topological polar surface area (TPSA) is 49.8 Å². The highest BCUT2D eigenvalue weighted by molar-refractivity contribution is 5.68. The predicted octanol–water partition coefficient (Wildman–Crippen LogP) is 2.01. The zero-order chi connectivity index (χ0) is 12.8. The summed E-state index contributed by atoms with van der Waals surface area (Å²) < 4.78 is 5.38. The van der Waals surface area contributed by atoms with Crippen molar-refractivity contribution in [2.75, 3.05) is 13.1 Å². The molecular weight excluding hydrogens is 218 g/mol. The maximum absolute atomic E-state index is 12.0. The highest BCUT2D eigenvalue weighted by atomic mass is 16.6. The molecule has 2 rings (SSSR count). The zero-order valence-electron chi connectivity index (χ0n) is 11.2. The molecule has 17 heavy (non-hydrogen) atoms. The summed E-state index contributed by atoms with van der Waals surface area (Å²) >= 11 is 0. The van der Waals surface area contributed by atoms with Gasteiger partial charge in [0.25, 0.3) is 0 Å². The van der Waals surface area contributed by atoms with Crippen LogP contribution in [-0.4, -0.2) is 40.9 Å². The number of aliphatic hydroxyl groups is 1. The van der Waals surface area contributed by atoms with Crippen molar-refractivity contribution in [3.63, 3.8) is 0 Å². The van der Waals surface area contributed by atoms with E-state index >= 15 is 0 Å². The molecule has 0 radical (unpaired) electrons. The van der Waals surface area contributed by atoms with Crippen molar-refractivity contribution in [2.24, 2.45) is 11.3 Å². The molecule has 4 nitrogen and oxygen atoms in total. The number of ether oxygens (including phenoxy) is 1. The van der Waals surface area contributed by atoms with Gasteiger partial charge in [-0.2, -0.15) is 0 Å². The van der Waals surface area contributed by atoms with Gasteiger partial charge >= 0.3 is 6.09 Å². The zero-order valence-corrected chi connectivity index (χ0v) is 11.2. The van der Waals surface area contributed by atoms with Crippen molar-refractivity contribution >= 4 is 6.09 Å². The van der Waals surface area contributed by atoms with Crippen LogP contribution in [0.3, 0.4) is 0 Å². The monoisotopic (exact) mass is 241 g/mol. The van der Waals surface area contributed by atoms with E-state index in [-0.39, 0.29) is 17.6 Å². The first-order valence-electron chi connectivity index (χ1n) is 6.36. The van der Waals surface area contributed by atoms with Gasteiger partial charge in [-0.1, -0.05) is 6.92 Å². The largest absolute Gasteiger partial charge is 0.444 e. The molecule has 1 aliphatic carbocycles. The Morgan fingerprint density at radius 1 is 1.47 bits per heavy atom. The molecule has 3 atom stereocenters. The third-order valence-electron chi connectivity index (χ3n) is 3.89. The standard InChI is InChI=1S/C13H23NO3/c1-12(2,3)17-11(16)14-7-9-5-10(15)6-13(9,4)8-14/h9-10,15H,5-8H2,1-4H3/t9-,10+,13-/m1/s1. The average molecular weight is 241 g/mol. The van der Waals surface area contributed by atoms with Crippen molar-refractivity contribution in [2.45, 2.75) is 52.2 Å². The summed E-state index contributed by atoms with van der Waals surface area (Å²) in [6.07, 6.45) is 1.21. The lowest BCUT2D eigenvalue weighted by Gasteiger charge is -2.26. The molecule has 2 aliphatic rings. The number of rotatable bonds is 0. The fourth-order valence-corrected chi connectivity index (χ4v) is 3.12. The summed E-state index contributed by atoms with van der Waals surface area (Å²) in [6, 6.07) is 0. The second kappa shape index (κ2) is 3.87. The number of carbonyl (C=O) groups excluding carboxylic acids is 1. The third kappa shape index (κ3) is 2.57. The van der Waals surface area contributed by atoms with E-state index in [4.69, 9.17) is 4.74 Å². The number of fused-ring (bicyclic) bond motifs is 1. The van der Waals surface area contributed by atoms with E-state index < -0.39 is 5.60 Å². The Kier molecular flexibility index (Phi) is 2.89. The second-order valence-corrected chi connectivity index (χ2v) is 6.81. The predicted molar refractivity (Wildman–Crippen MR) is 64.6 cm³/mol. The van der Waals surface area contributed by atoms with Crippen LogP contribution in [0.1, 0.15) is 40.5 Å². The molecule has 1 heterocycles. The number of aliphatic hydroxyl groups excluding tert-OH is 1. The van der Waals surface area contributed by atoms with Gasteiger partial charge in [0.2, 0.25) is 0 Å². The molecule has 98 valence electrons. The van der Waals surface area contributed by atoms with Crippen LogP contribution in [0, 0.1) is 11.3 Å². The molecular formula is C13H23NO3. The molecule has 1 amide bonds. The molecule has 2 fully saturated rings. The Bertz CT molecular complexity index is 323. The molecule has 1 saturated carbocycles. The maximum Gasteiger partial charge on any atom is 0.410 e. The van der Waals surface area contributed by atoms with Crippen molar-refractivity contribution in [1.29, 1.82) is 0 Å². The van der Waals surface area contributed by atoms with Gasteiger partial charge in [-0.05, 0) is 44.9 Å². The van der Waals surface area contributed by atoms with E-state index in [0.29, 0.717) is 12.5 Å². The molecule has 0 spiro atoms. The highest BCUT2D eigenvalue weighted by Crippen LogP contribution is 2.48. The van der Waals surface area contributed by atoms with Crippen molar-refractivity contribution < 1.29 is 14.6 Å². The van der Waals surface area contributed by atoms with E-state index in [9.17, 15) is 9.90 Å². The van der Waals surface area contributed by atoms with Crippen molar-refractivity contribution in [3.8, 4) is 0 Å². The number of hydrogen-bond donors (Lipinski definition) is 1. The van der Waals surface area contributed by atoms with E-state index in [2.05, 4.69) is 6.92 Å². The number of nitrogens with zero attached hydrogens (tertiary/aromatic N) is 1. The molecule has 1 aliphatic heterocycles. The summed E-state index contributed by atoms with van der Waals surface area (Å²) in [5.41, 5.74) is -0.356. The molecule has 1 saturated heterocycles. The SMILES string of the molecule is CC(C)(C)OC(=O)N1C[C@H]2C[C@H](O)C[C@]2(C)C1. The molecule has 4 heteroatoms. The van der Waals surface area contributed by atoms with Gasteiger partial charge in [-0.3, -0.25) is 0 Å². The maximum atomic E-state index is 12.0. The van der Waals surface area contributed by atoms with Gasteiger partial charge in [0.15, 0.2) is 0 Å². The van der Waals surface area contributed by atoms with Gasteiger partial charge in [-0.25, -0.2) is 4.79 Å². The Morgan fingerprint density at radius 3 is 2.65 bits per heavy atom. The highest BCUT2D eigenvalue weighted by Gasteiger charge is 2.51. The van der Waals surface area contributed by atoms with Gasteiger partial charge in [0.1, 0.15) is 5.60 Å². The average Bonchev–Trinajstić information content (AvgIpc) is 2.51. The normalized spacial score (nSPS) is 37.1. The lowest BCUT2D eigenvalue weighted by atomic mass is 9.83. The summed E-state index contributed by atoms with van der Waals surface area (Å²) in [4.78, 5) is 13.8. The number of likely N-dealkylation sites (tertiary alicyclic amines) is 1. The molecule has 0 aromatic rings. The lowest BCUT2D eigenvalue weighted by molar-refractivity contribution is 0.0255. The minimum atomic E-state index is -0.435. The number of amides is 1. The van der Waals surface area contributed by atoms with Gasteiger partial charge in [0, 0.05) is 13.1 Å². The lowest BCUT2D eigenvalue weighted by Crippen LogP contribution is -2.37. The van der Waals surface area contributed by atoms with Gasteiger partial charge < -0.3 is 14.7 Å². The van der Waals surface area contributed by atoms with E-state index in [1.807, 2.05) is 20.8 Å². The van der Waals surface area contributed by atoms with Gasteiger partial charge in [0.05, 0.1) is 6.10 Å². The Morgan fingerprint density at radius 2 is 2.12 bits per heavy atom. The van der Waals surface area contributed by atoms with Crippen LogP contribution >= 0.6 is 0 Å². The van der Waals surface area contributed by atoms with Crippen LogP contribution in [0.25, 0.3) is 0 Å². The Labute approximate surface area is 103 Å². The smallest absolute Gasteiger partial charge is 0.410 e. The molecule has 0 bridgehead atoms. The van der Waals surface area contributed by atoms with Crippen LogP contribution in [0.4, 0.5) is 4.79 Å². The van der Waals surface area contributed by atoms with E-state index in [1.165, 1.54) is 0 Å². The molecule has 1 N–H and O–H groups in total. The van der Waals surface area contributed by atoms with Gasteiger partial charge in [-0.15, -0.1) is 0 Å². The molecule has 0 unspecified atom stereocenters. The summed E-state index contributed by atoms with van der Waals surface area (Å²) in [7, 11) is 0. The van der Waals surface area contributed by atoms with Crippen LogP contribution in [-0.2, 0) is 4.74 Å². The second-order valence-electron chi connectivity index (χ2n) is 6.81. The Hall–Kier alpha value is -0.770.